The Labute approximate surface area is 100 Å². The minimum Gasteiger partial charge on any atom is -0.339 e. The lowest BCUT2D eigenvalue weighted by molar-refractivity contribution is 0.0924. The van der Waals surface area contributed by atoms with Crippen LogP contribution in [0.25, 0.3) is 0 Å². The fraction of sp³-hybridized carbons (Fsp3) is 0.923. The van der Waals surface area contributed by atoms with Gasteiger partial charge >= 0.3 is 0 Å². The molecule has 0 aliphatic carbocycles. The lowest BCUT2D eigenvalue weighted by Crippen LogP contribution is -2.42. The van der Waals surface area contributed by atoms with E-state index in [0.29, 0.717) is 11.6 Å². The average molecular weight is 225 g/mol. The SMILES string of the molecule is CCCCN1C=NN(CC)C1CC(C)(C)C. The third kappa shape index (κ3) is 3.69. The molecule has 0 radical (unpaired) electrons. The largest absolute Gasteiger partial charge is 0.339 e. The van der Waals surface area contributed by atoms with Crippen LogP contribution in [0.3, 0.4) is 0 Å². The molecule has 0 saturated heterocycles. The van der Waals surface area contributed by atoms with Crippen LogP contribution >= 0.6 is 0 Å². The molecule has 1 heterocycles. The summed E-state index contributed by atoms with van der Waals surface area (Å²) in [7, 11) is 0. The van der Waals surface area contributed by atoms with E-state index >= 15 is 0 Å². The van der Waals surface area contributed by atoms with Crippen LogP contribution in [-0.2, 0) is 0 Å². The molecule has 3 heteroatoms. The van der Waals surface area contributed by atoms with Crippen LogP contribution in [0.1, 0.15) is 53.9 Å². The van der Waals surface area contributed by atoms with Gasteiger partial charge in [-0.1, -0.05) is 34.1 Å². The molecule has 0 aromatic heterocycles. The van der Waals surface area contributed by atoms with E-state index < -0.39 is 0 Å². The Hall–Kier alpha value is -0.730. The molecule has 0 aromatic carbocycles. The monoisotopic (exact) mass is 225 g/mol. The van der Waals surface area contributed by atoms with E-state index in [1.807, 2.05) is 6.34 Å². The van der Waals surface area contributed by atoms with Crippen LogP contribution in [0.2, 0.25) is 0 Å². The first-order valence-corrected chi connectivity index (χ1v) is 6.54. The van der Waals surface area contributed by atoms with Crippen molar-refractivity contribution < 1.29 is 0 Å². The van der Waals surface area contributed by atoms with Crippen molar-refractivity contribution >= 4 is 6.34 Å². The van der Waals surface area contributed by atoms with Gasteiger partial charge in [0, 0.05) is 13.1 Å². The number of hydrazone groups is 1. The highest BCUT2D eigenvalue weighted by molar-refractivity contribution is 5.57. The van der Waals surface area contributed by atoms with Crippen molar-refractivity contribution in [3.05, 3.63) is 0 Å². The molecule has 16 heavy (non-hydrogen) atoms. The summed E-state index contributed by atoms with van der Waals surface area (Å²) >= 11 is 0. The van der Waals surface area contributed by atoms with Crippen LogP contribution < -0.4 is 0 Å². The Morgan fingerprint density at radius 2 is 1.94 bits per heavy atom. The second-order valence-corrected chi connectivity index (χ2v) is 5.82. The van der Waals surface area contributed by atoms with Gasteiger partial charge in [0.25, 0.3) is 0 Å². The third-order valence-corrected chi connectivity index (χ3v) is 2.96. The van der Waals surface area contributed by atoms with Gasteiger partial charge in [-0.2, -0.15) is 5.10 Å². The first-order chi connectivity index (χ1) is 7.48. The van der Waals surface area contributed by atoms with Crippen molar-refractivity contribution in [2.24, 2.45) is 10.5 Å². The molecule has 1 atom stereocenters. The van der Waals surface area contributed by atoms with Crippen LogP contribution in [0, 0.1) is 5.41 Å². The van der Waals surface area contributed by atoms with Crippen LogP contribution in [0.15, 0.2) is 5.10 Å². The number of rotatable bonds is 5. The van der Waals surface area contributed by atoms with Crippen molar-refractivity contribution in [3.8, 4) is 0 Å². The van der Waals surface area contributed by atoms with Crippen LogP contribution in [0.4, 0.5) is 0 Å². The van der Waals surface area contributed by atoms with Crippen molar-refractivity contribution in [2.45, 2.75) is 60.0 Å². The topological polar surface area (TPSA) is 18.8 Å². The summed E-state index contributed by atoms with van der Waals surface area (Å²) in [6.07, 6.45) is 6.17. The molecule has 3 nitrogen and oxygen atoms in total. The highest BCUT2D eigenvalue weighted by Gasteiger charge is 2.30. The normalized spacial score (nSPS) is 20.9. The minimum absolute atomic E-state index is 0.357. The van der Waals surface area contributed by atoms with Gasteiger partial charge in [0.05, 0.1) is 0 Å². The van der Waals surface area contributed by atoms with Gasteiger partial charge in [-0.15, -0.1) is 0 Å². The highest BCUT2D eigenvalue weighted by atomic mass is 15.6. The van der Waals surface area contributed by atoms with Gasteiger partial charge in [-0.3, -0.25) is 5.01 Å². The summed E-state index contributed by atoms with van der Waals surface area (Å²) in [6.45, 7) is 13.5. The fourth-order valence-corrected chi connectivity index (χ4v) is 2.07. The molecule has 94 valence electrons. The van der Waals surface area contributed by atoms with E-state index in [1.54, 1.807) is 0 Å². The van der Waals surface area contributed by atoms with E-state index in [0.717, 1.165) is 13.1 Å². The van der Waals surface area contributed by atoms with E-state index in [2.05, 4.69) is 49.6 Å². The van der Waals surface area contributed by atoms with Crippen LogP contribution in [-0.4, -0.2) is 35.5 Å². The smallest absolute Gasteiger partial charge is 0.119 e. The Balaban J connectivity index is 2.59. The molecule has 0 aromatic rings. The van der Waals surface area contributed by atoms with E-state index in [-0.39, 0.29) is 0 Å². The maximum absolute atomic E-state index is 4.49. The summed E-state index contributed by atoms with van der Waals surface area (Å²) in [6, 6.07) is 0. The zero-order valence-electron chi connectivity index (χ0n) is 11.5. The molecular formula is C13H27N3. The summed E-state index contributed by atoms with van der Waals surface area (Å²) in [5.41, 5.74) is 0.357. The molecule has 0 saturated carbocycles. The molecule has 0 fully saturated rings. The molecule has 1 unspecified atom stereocenters. The van der Waals surface area contributed by atoms with Gasteiger partial charge in [0.1, 0.15) is 12.5 Å². The maximum atomic E-state index is 4.49. The zero-order valence-corrected chi connectivity index (χ0v) is 11.5. The summed E-state index contributed by atoms with van der Waals surface area (Å²) in [5, 5.41) is 6.70. The van der Waals surface area contributed by atoms with Crippen molar-refractivity contribution in [2.75, 3.05) is 13.1 Å². The zero-order chi connectivity index (χ0) is 12.2. The van der Waals surface area contributed by atoms with E-state index in [9.17, 15) is 0 Å². The lowest BCUT2D eigenvalue weighted by Gasteiger charge is -2.34. The Bertz CT molecular complexity index is 230. The summed E-state index contributed by atoms with van der Waals surface area (Å²) < 4.78 is 0. The van der Waals surface area contributed by atoms with Crippen molar-refractivity contribution in [3.63, 3.8) is 0 Å². The third-order valence-electron chi connectivity index (χ3n) is 2.96. The standard InChI is InChI=1S/C13H27N3/c1-6-8-9-15-11-14-16(7-2)12(15)10-13(3,4)5/h11-12H,6-10H2,1-5H3. The van der Waals surface area contributed by atoms with Crippen molar-refractivity contribution in [1.82, 2.24) is 9.91 Å². The second-order valence-electron chi connectivity index (χ2n) is 5.82. The molecule has 0 spiro atoms. The molecule has 0 bridgehead atoms. The number of hydrogen-bond acceptors (Lipinski definition) is 3. The Morgan fingerprint density at radius 3 is 2.44 bits per heavy atom. The van der Waals surface area contributed by atoms with E-state index in [4.69, 9.17) is 0 Å². The molecule has 0 amide bonds. The van der Waals surface area contributed by atoms with Gasteiger partial charge in [-0.05, 0) is 25.2 Å². The first kappa shape index (κ1) is 13.3. The number of nitrogens with zero attached hydrogens (tertiary/aromatic N) is 3. The molecule has 0 N–H and O–H groups in total. The van der Waals surface area contributed by atoms with Gasteiger partial charge < -0.3 is 4.90 Å². The number of hydrogen-bond donors (Lipinski definition) is 0. The molecular weight excluding hydrogens is 198 g/mol. The van der Waals surface area contributed by atoms with Gasteiger partial charge in [0.2, 0.25) is 0 Å². The predicted octanol–water partition coefficient (Wildman–Crippen LogP) is 3.13. The van der Waals surface area contributed by atoms with Gasteiger partial charge in [0.15, 0.2) is 0 Å². The maximum Gasteiger partial charge on any atom is 0.119 e. The fourth-order valence-electron chi connectivity index (χ4n) is 2.07. The first-order valence-electron chi connectivity index (χ1n) is 6.54. The molecule has 1 aliphatic heterocycles. The lowest BCUT2D eigenvalue weighted by atomic mass is 9.90. The quantitative estimate of drug-likeness (QED) is 0.716. The van der Waals surface area contributed by atoms with E-state index in [1.165, 1.54) is 19.3 Å². The second kappa shape index (κ2) is 5.55. The highest BCUT2D eigenvalue weighted by Crippen LogP contribution is 2.27. The number of unbranched alkanes of at least 4 members (excludes halogenated alkanes) is 1. The van der Waals surface area contributed by atoms with Crippen molar-refractivity contribution in [1.29, 1.82) is 0 Å². The summed E-state index contributed by atoms with van der Waals surface area (Å²) in [5.74, 6) is 0. The van der Waals surface area contributed by atoms with Gasteiger partial charge in [-0.25, -0.2) is 0 Å². The Morgan fingerprint density at radius 1 is 1.25 bits per heavy atom. The van der Waals surface area contributed by atoms with Crippen LogP contribution in [0.5, 0.6) is 0 Å². The summed E-state index contributed by atoms with van der Waals surface area (Å²) in [4.78, 5) is 2.40. The molecule has 1 aliphatic rings. The molecule has 1 rings (SSSR count). The Kier molecular flexibility index (Phi) is 4.63. The average Bonchev–Trinajstić information content (AvgIpc) is 2.55. The predicted molar refractivity (Wildman–Crippen MR) is 70.3 cm³/mol. The minimum atomic E-state index is 0.357.